The molecule has 1 aliphatic heterocycles. The van der Waals surface area contributed by atoms with Crippen molar-refractivity contribution in [3.8, 4) is 11.3 Å². The first-order chi connectivity index (χ1) is 14.0. The van der Waals surface area contributed by atoms with Gasteiger partial charge in [0.15, 0.2) is 0 Å². The standard InChI is InChI=1S/C22H14ClN3O2S/c23-17-7-4-8-18-20(17)21(15-5-2-1-3-6-15)26-22(25-18)24-16-10-9-14-11-12-29(27,28)19(14)13-16/h1-13H,(H,24,25,26). The highest BCUT2D eigenvalue weighted by Crippen LogP contribution is 2.34. The van der Waals surface area contributed by atoms with Crippen LogP contribution in [0.1, 0.15) is 5.56 Å². The number of anilines is 2. The lowest BCUT2D eigenvalue weighted by molar-refractivity contribution is 0.605. The summed E-state index contributed by atoms with van der Waals surface area (Å²) in [6.45, 7) is 0. The lowest BCUT2D eigenvalue weighted by Gasteiger charge is -2.12. The largest absolute Gasteiger partial charge is 0.324 e. The fourth-order valence-corrected chi connectivity index (χ4v) is 4.85. The summed E-state index contributed by atoms with van der Waals surface area (Å²) >= 11 is 6.45. The second-order valence-electron chi connectivity index (χ2n) is 6.62. The van der Waals surface area contributed by atoms with Crippen molar-refractivity contribution < 1.29 is 8.42 Å². The van der Waals surface area contributed by atoms with Gasteiger partial charge >= 0.3 is 0 Å². The molecule has 4 aromatic rings. The molecule has 0 aliphatic carbocycles. The van der Waals surface area contributed by atoms with Gasteiger partial charge in [0, 0.05) is 22.0 Å². The molecule has 0 radical (unpaired) electrons. The minimum Gasteiger partial charge on any atom is -0.324 e. The Labute approximate surface area is 172 Å². The van der Waals surface area contributed by atoms with E-state index < -0.39 is 9.84 Å². The second-order valence-corrected chi connectivity index (χ2v) is 8.83. The summed E-state index contributed by atoms with van der Waals surface area (Å²) in [4.78, 5) is 9.53. The number of aromatic nitrogens is 2. The molecule has 3 aromatic carbocycles. The summed E-state index contributed by atoms with van der Waals surface area (Å²) < 4.78 is 24.3. The van der Waals surface area contributed by atoms with Gasteiger partial charge in [0.05, 0.1) is 21.1 Å². The molecule has 0 fully saturated rings. The minimum absolute atomic E-state index is 0.273. The number of nitrogens with zero attached hydrogens (tertiary/aromatic N) is 2. The first-order valence-electron chi connectivity index (χ1n) is 8.87. The van der Waals surface area contributed by atoms with Crippen LogP contribution in [0.3, 0.4) is 0 Å². The minimum atomic E-state index is -3.39. The number of sulfone groups is 1. The van der Waals surface area contributed by atoms with Gasteiger partial charge in [-0.1, -0.05) is 54.1 Å². The fourth-order valence-electron chi connectivity index (χ4n) is 3.36. The first kappa shape index (κ1) is 17.8. The molecule has 1 aromatic heterocycles. The van der Waals surface area contributed by atoms with E-state index in [1.54, 1.807) is 24.3 Å². The Morgan fingerprint density at radius 3 is 2.55 bits per heavy atom. The summed E-state index contributed by atoms with van der Waals surface area (Å²) in [6.07, 6.45) is 1.59. The van der Waals surface area contributed by atoms with Gasteiger partial charge in [0.25, 0.3) is 0 Å². The highest BCUT2D eigenvalue weighted by molar-refractivity contribution is 7.94. The zero-order valence-corrected chi connectivity index (χ0v) is 16.6. The van der Waals surface area contributed by atoms with Crippen molar-refractivity contribution in [2.24, 2.45) is 0 Å². The third-order valence-corrected chi connectivity index (χ3v) is 6.50. The molecule has 1 N–H and O–H groups in total. The summed E-state index contributed by atoms with van der Waals surface area (Å²) in [6, 6.07) is 20.4. The van der Waals surface area contributed by atoms with Crippen molar-refractivity contribution in [2.75, 3.05) is 5.32 Å². The van der Waals surface area contributed by atoms with Crippen molar-refractivity contribution in [1.82, 2.24) is 9.97 Å². The molecule has 0 saturated heterocycles. The van der Waals surface area contributed by atoms with E-state index in [2.05, 4.69) is 15.3 Å². The molecule has 0 amide bonds. The van der Waals surface area contributed by atoms with E-state index in [4.69, 9.17) is 11.6 Å². The molecule has 29 heavy (non-hydrogen) atoms. The molecule has 0 atom stereocenters. The molecular weight excluding hydrogens is 406 g/mol. The van der Waals surface area contributed by atoms with E-state index in [0.717, 1.165) is 10.9 Å². The van der Waals surface area contributed by atoms with Gasteiger partial charge in [-0.15, -0.1) is 0 Å². The predicted molar refractivity (Wildman–Crippen MR) is 116 cm³/mol. The molecular formula is C22H14ClN3O2S. The van der Waals surface area contributed by atoms with Crippen molar-refractivity contribution in [3.63, 3.8) is 0 Å². The molecule has 7 heteroatoms. The first-order valence-corrected chi connectivity index (χ1v) is 10.8. The maximum atomic E-state index is 12.1. The van der Waals surface area contributed by atoms with Crippen LogP contribution in [-0.2, 0) is 9.84 Å². The van der Waals surface area contributed by atoms with E-state index in [1.807, 2.05) is 48.5 Å². The van der Waals surface area contributed by atoms with Crippen LogP contribution < -0.4 is 5.32 Å². The van der Waals surface area contributed by atoms with Crippen molar-refractivity contribution in [3.05, 3.63) is 82.7 Å². The highest BCUT2D eigenvalue weighted by Gasteiger charge is 2.21. The zero-order chi connectivity index (χ0) is 20.0. The van der Waals surface area contributed by atoms with E-state index in [1.165, 1.54) is 5.41 Å². The second kappa shape index (κ2) is 6.69. The van der Waals surface area contributed by atoms with E-state index in [0.29, 0.717) is 33.4 Å². The Morgan fingerprint density at radius 1 is 0.897 bits per heavy atom. The molecule has 5 nitrogen and oxygen atoms in total. The number of fused-ring (bicyclic) bond motifs is 2. The Hall–Kier alpha value is -3.22. The van der Waals surface area contributed by atoms with Crippen molar-refractivity contribution >= 4 is 50.1 Å². The zero-order valence-electron chi connectivity index (χ0n) is 15.0. The van der Waals surface area contributed by atoms with Crippen molar-refractivity contribution in [1.29, 1.82) is 0 Å². The third kappa shape index (κ3) is 3.16. The smallest absolute Gasteiger partial charge is 0.228 e. The van der Waals surface area contributed by atoms with Crippen LogP contribution in [0.2, 0.25) is 5.02 Å². The molecule has 0 unspecified atom stereocenters. The van der Waals surface area contributed by atoms with Gasteiger partial charge < -0.3 is 5.32 Å². The average Bonchev–Trinajstić information content (AvgIpc) is 3.03. The average molecular weight is 420 g/mol. The molecule has 0 saturated carbocycles. The normalized spacial score (nSPS) is 14.1. The van der Waals surface area contributed by atoms with Gasteiger partial charge in [-0.25, -0.2) is 18.4 Å². The lowest BCUT2D eigenvalue weighted by Crippen LogP contribution is -2.01. The van der Waals surface area contributed by atoms with E-state index in [9.17, 15) is 8.42 Å². The van der Waals surface area contributed by atoms with Gasteiger partial charge in [0.2, 0.25) is 15.8 Å². The third-order valence-electron chi connectivity index (χ3n) is 4.72. The molecule has 1 aliphatic rings. The number of rotatable bonds is 3. The SMILES string of the molecule is O=S1(=O)C=Cc2ccc(Nc3nc(-c4ccccc4)c4c(Cl)cccc4n3)cc21. The van der Waals surface area contributed by atoms with Gasteiger partial charge in [-0.2, -0.15) is 0 Å². The van der Waals surface area contributed by atoms with Crippen LogP contribution in [0, 0.1) is 0 Å². The Kier molecular flexibility index (Phi) is 4.12. The van der Waals surface area contributed by atoms with Gasteiger partial charge in [0.1, 0.15) is 0 Å². The molecule has 0 bridgehead atoms. The van der Waals surface area contributed by atoms with E-state index in [-0.39, 0.29) is 4.90 Å². The van der Waals surface area contributed by atoms with Crippen LogP contribution >= 0.6 is 11.6 Å². The lowest BCUT2D eigenvalue weighted by atomic mass is 10.1. The topological polar surface area (TPSA) is 72.0 Å². The number of halogens is 1. The molecule has 5 rings (SSSR count). The molecule has 0 spiro atoms. The van der Waals surface area contributed by atoms with Crippen LogP contribution in [0.15, 0.2) is 77.0 Å². The molecule has 2 heterocycles. The maximum Gasteiger partial charge on any atom is 0.228 e. The number of benzene rings is 3. The van der Waals surface area contributed by atoms with Crippen LogP contribution in [0.5, 0.6) is 0 Å². The van der Waals surface area contributed by atoms with Crippen LogP contribution in [-0.4, -0.2) is 18.4 Å². The monoisotopic (exact) mass is 419 g/mol. The summed E-state index contributed by atoms with van der Waals surface area (Å²) in [7, 11) is -3.39. The van der Waals surface area contributed by atoms with E-state index >= 15 is 0 Å². The van der Waals surface area contributed by atoms with Gasteiger partial charge in [-0.3, -0.25) is 0 Å². The number of nitrogens with one attached hydrogen (secondary N) is 1. The predicted octanol–water partition coefficient (Wildman–Crippen LogP) is 5.45. The Balaban J connectivity index is 1.64. The highest BCUT2D eigenvalue weighted by atomic mass is 35.5. The maximum absolute atomic E-state index is 12.1. The van der Waals surface area contributed by atoms with Crippen LogP contribution in [0.25, 0.3) is 28.2 Å². The van der Waals surface area contributed by atoms with Gasteiger partial charge in [-0.05, 0) is 35.9 Å². The summed E-state index contributed by atoms with van der Waals surface area (Å²) in [5, 5.41) is 5.69. The Bertz CT molecular complexity index is 1400. The number of hydrogen-bond acceptors (Lipinski definition) is 5. The number of hydrogen-bond donors (Lipinski definition) is 1. The molecule has 142 valence electrons. The fraction of sp³-hybridized carbons (Fsp3) is 0. The Morgan fingerprint density at radius 2 is 1.72 bits per heavy atom. The van der Waals surface area contributed by atoms with Crippen LogP contribution in [0.4, 0.5) is 11.6 Å². The summed E-state index contributed by atoms with van der Waals surface area (Å²) in [5.74, 6) is 0.363. The quantitative estimate of drug-likeness (QED) is 0.478. The van der Waals surface area contributed by atoms with Crippen molar-refractivity contribution in [2.45, 2.75) is 4.90 Å². The summed E-state index contributed by atoms with van der Waals surface area (Å²) in [5.41, 5.74) is 3.59.